The number of benzene rings is 2. The van der Waals surface area contributed by atoms with Gasteiger partial charge in [0, 0.05) is 11.8 Å². The normalized spacial score (nSPS) is 11.2. The summed E-state index contributed by atoms with van der Waals surface area (Å²) in [5, 5.41) is 3.08. The van der Waals surface area contributed by atoms with Crippen LogP contribution < -0.4 is 19.5 Å². The van der Waals surface area contributed by atoms with E-state index in [1.807, 2.05) is 6.07 Å². The van der Waals surface area contributed by atoms with E-state index in [9.17, 15) is 4.79 Å². The number of amides is 1. The third kappa shape index (κ3) is 5.31. The fraction of sp³-hybridized carbons (Fsp3) is 0.375. The van der Waals surface area contributed by atoms with Crippen LogP contribution in [0.25, 0.3) is 6.08 Å². The number of methoxy groups -OCH3 is 3. The molecule has 5 heteroatoms. The Morgan fingerprint density at radius 3 is 1.83 bits per heavy atom. The second kappa shape index (κ2) is 10.0. The van der Waals surface area contributed by atoms with E-state index in [0.29, 0.717) is 29.1 Å². The molecule has 0 aromatic heterocycles. The number of para-hydroxylation sites is 1. The van der Waals surface area contributed by atoms with E-state index in [1.54, 1.807) is 39.5 Å². The molecule has 0 radical (unpaired) electrons. The Bertz CT molecular complexity index is 833. The Morgan fingerprint density at radius 2 is 1.41 bits per heavy atom. The summed E-state index contributed by atoms with van der Waals surface area (Å²) >= 11 is 0. The van der Waals surface area contributed by atoms with Gasteiger partial charge in [0.1, 0.15) is 0 Å². The molecule has 0 atom stereocenters. The van der Waals surface area contributed by atoms with E-state index in [1.165, 1.54) is 6.08 Å². The van der Waals surface area contributed by atoms with E-state index in [-0.39, 0.29) is 5.91 Å². The van der Waals surface area contributed by atoms with Crippen LogP contribution in [0.1, 0.15) is 56.2 Å². The monoisotopic (exact) mass is 397 g/mol. The lowest BCUT2D eigenvalue weighted by atomic mass is 9.92. The zero-order chi connectivity index (χ0) is 21.6. The van der Waals surface area contributed by atoms with Crippen molar-refractivity contribution in [2.75, 3.05) is 26.6 Å². The maximum Gasteiger partial charge on any atom is 0.248 e. The van der Waals surface area contributed by atoms with Crippen LogP contribution in [0.2, 0.25) is 0 Å². The first kappa shape index (κ1) is 22.3. The van der Waals surface area contributed by atoms with E-state index < -0.39 is 0 Å². The van der Waals surface area contributed by atoms with Crippen molar-refractivity contribution in [1.82, 2.24) is 0 Å². The van der Waals surface area contributed by atoms with Crippen LogP contribution in [0.15, 0.2) is 36.4 Å². The molecule has 0 bridgehead atoms. The Balaban J connectivity index is 2.32. The molecule has 0 saturated carbocycles. The SMILES string of the molecule is COc1cc(/C=C/C(=O)Nc2c(C(C)C)cccc2C(C)C)cc(OC)c1OC. The van der Waals surface area contributed by atoms with E-state index in [2.05, 4.69) is 45.1 Å². The minimum atomic E-state index is -0.186. The molecule has 1 amide bonds. The molecular weight excluding hydrogens is 366 g/mol. The minimum Gasteiger partial charge on any atom is -0.493 e. The Morgan fingerprint density at radius 1 is 0.897 bits per heavy atom. The van der Waals surface area contributed by atoms with Crippen LogP contribution in [-0.4, -0.2) is 27.2 Å². The van der Waals surface area contributed by atoms with Gasteiger partial charge in [-0.15, -0.1) is 0 Å². The van der Waals surface area contributed by atoms with E-state index >= 15 is 0 Å². The van der Waals surface area contributed by atoms with Crippen LogP contribution in [0.5, 0.6) is 17.2 Å². The molecule has 0 unspecified atom stereocenters. The number of rotatable bonds is 8. The third-order valence-corrected chi connectivity index (χ3v) is 4.74. The van der Waals surface area contributed by atoms with Crippen molar-refractivity contribution in [2.24, 2.45) is 0 Å². The van der Waals surface area contributed by atoms with Gasteiger partial charge < -0.3 is 19.5 Å². The zero-order valence-electron chi connectivity index (χ0n) is 18.3. The average Bonchev–Trinajstić information content (AvgIpc) is 2.70. The number of carbonyl (C=O) groups excluding carboxylic acids is 1. The van der Waals surface area contributed by atoms with Crippen LogP contribution in [0, 0.1) is 0 Å². The van der Waals surface area contributed by atoms with Gasteiger partial charge in [-0.1, -0.05) is 45.9 Å². The summed E-state index contributed by atoms with van der Waals surface area (Å²) in [6, 6.07) is 9.77. The highest BCUT2D eigenvalue weighted by Gasteiger charge is 2.15. The van der Waals surface area contributed by atoms with Crippen molar-refractivity contribution in [3.63, 3.8) is 0 Å². The molecule has 2 aromatic carbocycles. The Kier molecular flexibility index (Phi) is 7.71. The smallest absolute Gasteiger partial charge is 0.248 e. The van der Waals surface area contributed by atoms with Crippen molar-refractivity contribution in [1.29, 1.82) is 0 Å². The lowest BCUT2D eigenvalue weighted by Gasteiger charge is -2.19. The number of anilines is 1. The van der Waals surface area contributed by atoms with Gasteiger partial charge in [0.2, 0.25) is 11.7 Å². The molecule has 0 spiro atoms. The average molecular weight is 398 g/mol. The van der Waals surface area contributed by atoms with Crippen molar-refractivity contribution in [3.8, 4) is 17.2 Å². The molecule has 29 heavy (non-hydrogen) atoms. The van der Waals surface area contributed by atoms with Gasteiger partial charge in [-0.3, -0.25) is 4.79 Å². The summed E-state index contributed by atoms with van der Waals surface area (Å²) in [7, 11) is 4.68. The molecule has 0 aliphatic heterocycles. The van der Waals surface area contributed by atoms with Gasteiger partial charge in [-0.2, -0.15) is 0 Å². The fourth-order valence-electron chi connectivity index (χ4n) is 3.23. The molecule has 0 aliphatic rings. The highest BCUT2D eigenvalue weighted by Crippen LogP contribution is 2.38. The lowest BCUT2D eigenvalue weighted by molar-refractivity contribution is -0.111. The molecular formula is C24H31NO4. The number of carbonyl (C=O) groups is 1. The molecule has 2 rings (SSSR count). The van der Waals surface area contributed by atoms with Crippen LogP contribution in [-0.2, 0) is 4.79 Å². The topological polar surface area (TPSA) is 56.8 Å². The summed E-state index contributed by atoms with van der Waals surface area (Å²) in [6.45, 7) is 8.50. The van der Waals surface area contributed by atoms with Gasteiger partial charge in [-0.25, -0.2) is 0 Å². The summed E-state index contributed by atoms with van der Waals surface area (Å²) < 4.78 is 16.1. The van der Waals surface area contributed by atoms with Crippen LogP contribution in [0.3, 0.4) is 0 Å². The predicted molar refractivity (Wildman–Crippen MR) is 118 cm³/mol. The highest BCUT2D eigenvalue weighted by molar-refractivity contribution is 6.03. The maximum atomic E-state index is 12.7. The van der Waals surface area contributed by atoms with E-state index in [0.717, 1.165) is 22.4 Å². The summed E-state index contributed by atoms with van der Waals surface area (Å²) in [5.41, 5.74) is 3.93. The molecule has 156 valence electrons. The molecule has 5 nitrogen and oxygen atoms in total. The van der Waals surface area contributed by atoms with Gasteiger partial charge in [0.25, 0.3) is 0 Å². The first-order valence-corrected chi connectivity index (χ1v) is 9.74. The number of hydrogen-bond acceptors (Lipinski definition) is 4. The quantitative estimate of drug-likeness (QED) is 0.588. The van der Waals surface area contributed by atoms with Gasteiger partial charge in [0.15, 0.2) is 11.5 Å². The molecule has 1 N–H and O–H groups in total. The van der Waals surface area contributed by atoms with Gasteiger partial charge in [-0.05, 0) is 46.7 Å². The lowest BCUT2D eigenvalue weighted by Crippen LogP contribution is -2.13. The number of hydrogen-bond donors (Lipinski definition) is 1. The minimum absolute atomic E-state index is 0.186. The Hall–Kier alpha value is -2.95. The fourth-order valence-corrected chi connectivity index (χ4v) is 3.23. The summed E-state index contributed by atoms with van der Waals surface area (Å²) in [6.07, 6.45) is 3.24. The van der Waals surface area contributed by atoms with E-state index in [4.69, 9.17) is 14.2 Å². The van der Waals surface area contributed by atoms with Crippen molar-refractivity contribution in [3.05, 3.63) is 53.1 Å². The third-order valence-electron chi connectivity index (χ3n) is 4.74. The van der Waals surface area contributed by atoms with Gasteiger partial charge >= 0.3 is 0 Å². The summed E-state index contributed by atoms with van der Waals surface area (Å²) in [4.78, 5) is 12.7. The second-order valence-electron chi connectivity index (χ2n) is 7.40. The molecule has 2 aromatic rings. The van der Waals surface area contributed by atoms with Crippen molar-refractivity contribution >= 4 is 17.7 Å². The number of nitrogens with one attached hydrogen (secondary N) is 1. The molecule has 0 heterocycles. The molecule has 0 fully saturated rings. The molecule has 0 saturated heterocycles. The largest absolute Gasteiger partial charge is 0.493 e. The predicted octanol–water partition coefficient (Wildman–Crippen LogP) is 5.61. The number of ether oxygens (including phenoxy) is 3. The highest BCUT2D eigenvalue weighted by atomic mass is 16.5. The van der Waals surface area contributed by atoms with Gasteiger partial charge in [0.05, 0.1) is 21.3 Å². The first-order chi connectivity index (χ1) is 13.8. The van der Waals surface area contributed by atoms with Crippen LogP contribution in [0.4, 0.5) is 5.69 Å². The zero-order valence-corrected chi connectivity index (χ0v) is 18.3. The standard InChI is InChI=1S/C24H31NO4/c1-15(2)18-9-8-10-19(16(3)4)23(18)25-22(26)12-11-17-13-20(27-5)24(29-7)21(14-17)28-6/h8-16H,1-7H3,(H,25,26)/b12-11+. The van der Waals surface area contributed by atoms with Crippen LogP contribution >= 0.6 is 0 Å². The first-order valence-electron chi connectivity index (χ1n) is 9.74. The maximum absolute atomic E-state index is 12.7. The summed E-state index contributed by atoms with van der Waals surface area (Å²) in [5.74, 6) is 2.03. The second-order valence-corrected chi connectivity index (χ2v) is 7.40. The Labute approximate surface area is 173 Å². The molecule has 0 aliphatic carbocycles. The van der Waals surface area contributed by atoms with Crippen molar-refractivity contribution in [2.45, 2.75) is 39.5 Å². The van der Waals surface area contributed by atoms with Crippen molar-refractivity contribution < 1.29 is 19.0 Å².